The minimum atomic E-state index is 0.727. The molecule has 0 spiro atoms. The fourth-order valence-electron chi connectivity index (χ4n) is 1.81. The minimum absolute atomic E-state index is 0.727. The number of hydrogen-bond acceptors (Lipinski definition) is 2. The Bertz CT molecular complexity index is 310. The van der Waals surface area contributed by atoms with E-state index in [0.29, 0.717) is 0 Å². The molecule has 1 nitrogen and oxygen atoms in total. The topological polar surface area (TPSA) is 12.0 Å². The SMILES string of the molecule is Brc1cccc(CNC2CCSCC2)c1. The molecule has 0 radical (unpaired) electrons. The zero-order valence-corrected chi connectivity index (χ0v) is 11.1. The number of rotatable bonds is 3. The number of halogens is 1. The van der Waals surface area contributed by atoms with Crippen molar-refractivity contribution in [2.75, 3.05) is 11.5 Å². The van der Waals surface area contributed by atoms with E-state index in [-0.39, 0.29) is 0 Å². The fraction of sp³-hybridized carbons (Fsp3) is 0.500. The maximum Gasteiger partial charge on any atom is 0.0208 e. The van der Waals surface area contributed by atoms with E-state index < -0.39 is 0 Å². The van der Waals surface area contributed by atoms with Crippen molar-refractivity contribution in [3.8, 4) is 0 Å². The lowest BCUT2D eigenvalue weighted by Crippen LogP contribution is -2.31. The van der Waals surface area contributed by atoms with Crippen molar-refractivity contribution < 1.29 is 0 Å². The molecule has 1 fully saturated rings. The van der Waals surface area contributed by atoms with Gasteiger partial charge < -0.3 is 5.32 Å². The molecule has 1 aliphatic rings. The van der Waals surface area contributed by atoms with E-state index in [4.69, 9.17) is 0 Å². The third-order valence-electron chi connectivity index (χ3n) is 2.71. The van der Waals surface area contributed by atoms with Crippen LogP contribution in [-0.4, -0.2) is 17.5 Å². The van der Waals surface area contributed by atoms with Crippen LogP contribution in [0.1, 0.15) is 18.4 Å². The normalized spacial score (nSPS) is 17.9. The molecule has 0 atom stereocenters. The third-order valence-corrected chi connectivity index (χ3v) is 4.25. The highest BCUT2D eigenvalue weighted by molar-refractivity contribution is 9.10. The van der Waals surface area contributed by atoms with Gasteiger partial charge in [0, 0.05) is 17.1 Å². The number of hydrogen-bond donors (Lipinski definition) is 1. The lowest BCUT2D eigenvalue weighted by atomic mass is 10.1. The fourth-order valence-corrected chi connectivity index (χ4v) is 3.36. The van der Waals surface area contributed by atoms with Gasteiger partial charge in [-0.05, 0) is 42.0 Å². The van der Waals surface area contributed by atoms with E-state index in [1.54, 1.807) is 0 Å². The van der Waals surface area contributed by atoms with E-state index in [1.165, 1.54) is 34.4 Å². The second-order valence-electron chi connectivity index (χ2n) is 3.90. The van der Waals surface area contributed by atoms with Crippen LogP contribution in [0.4, 0.5) is 0 Å². The second-order valence-corrected chi connectivity index (χ2v) is 6.04. The summed E-state index contributed by atoms with van der Waals surface area (Å²) in [6.07, 6.45) is 2.64. The van der Waals surface area contributed by atoms with Crippen LogP contribution < -0.4 is 5.32 Å². The molecule has 0 unspecified atom stereocenters. The lowest BCUT2D eigenvalue weighted by Gasteiger charge is -2.22. The Morgan fingerprint density at radius 1 is 1.33 bits per heavy atom. The molecule has 2 rings (SSSR count). The molecule has 0 amide bonds. The summed E-state index contributed by atoms with van der Waals surface area (Å²) >= 11 is 5.57. The molecule has 0 aliphatic carbocycles. The van der Waals surface area contributed by atoms with Crippen LogP contribution in [0.2, 0.25) is 0 Å². The van der Waals surface area contributed by atoms with Crippen LogP contribution in [0.25, 0.3) is 0 Å². The molecular weight excluding hydrogens is 270 g/mol. The van der Waals surface area contributed by atoms with Crippen molar-refractivity contribution in [3.63, 3.8) is 0 Å². The largest absolute Gasteiger partial charge is 0.310 e. The van der Waals surface area contributed by atoms with Gasteiger partial charge in [-0.1, -0.05) is 28.1 Å². The first-order chi connectivity index (χ1) is 7.34. The Labute approximate surface area is 104 Å². The van der Waals surface area contributed by atoms with Crippen LogP contribution in [0.3, 0.4) is 0 Å². The zero-order valence-electron chi connectivity index (χ0n) is 8.71. The van der Waals surface area contributed by atoms with E-state index >= 15 is 0 Å². The maximum absolute atomic E-state index is 3.63. The molecule has 82 valence electrons. The van der Waals surface area contributed by atoms with Gasteiger partial charge >= 0.3 is 0 Å². The Morgan fingerprint density at radius 2 is 2.13 bits per heavy atom. The molecular formula is C12H16BrNS. The molecule has 1 saturated heterocycles. The molecule has 0 bridgehead atoms. The van der Waals surface area contributed by atoms with Crippen molar-refractivity contribution in [2.45, 2.75) is 25.4 Å². The van der Waals surface area contributed by atoms with Gasteiger partial charge in [-0.2, -0.15) is 11.8 Å². The third kappa shape index (κ3) is 3.82. The predicted molar refractivity (Wildman–Crippen MR) is 71.3 cm³/mol. The minimum Gasteiger partial charge on any atom is -0.310 e. The Morgan fingerprint density at radius 3 is 2.87 bits per heavy atom. The van der Waals surface area contributed by atoms with Gasteiger partial charge in [0.1, 0.15) is 0 Å². The van der Waals surface area contributed by atoms with E-state index in [2.05, 4.69) is 57.3 Å². The maximum atomic E-state index is 3.63. The average Bonchev–Trinajstić information content (AvgIpc) is 2.28. The van der Waals surface area contributed by atoms with Crippen molar-refractivity contribution in [1.29, 1.82) is 0 Å². The summed E-state index contributed by atoms with van der Waals surface area (Å²) in [5.41, 5.74) is 1.36. The highest BCUT2D eigenvalue weighted by atomic mass is 79.9. The first-order valence-corrected chi connectivity index (χ1v) is 7.35. The van der Waals surface area contributed by atoms with E-state index in [0.717, 1.165) is 12.6 Å². The molecule has 3 heteroatoms. The van der Waals surface area contributed by atoms with Crippen LogP contribution in [0, 0.1) is 0 Å². The number of nitrogens with one attached hydrogen (secondary N) is 1. The first kappa shape index (κ1) is 11.5. The summed E-state index contributed by atoms with van der Waals surface area (Å²) in [7, 11) is 0. The molecule has 1 aliphatic heterocycles. The van der Waals surface area contributed by atoms with Crippen molar-refractivity contribution in [2.24, 2.45) is 0 Å². The quantitative estimate of drug-likeness (QED) is 0.913. The average molecular weight is 286 g/mol. The van der Waals surface area contributed by atoms with Crippen molar-refractivity contribution >= 4 is 27.7 Å². The van der Waals surface area contributed by atoms with Crippen LogP contribution in [0.15, 0.2) is 28.7 Å². The lowest BCUT2D eigenvalue weighted by molar-refractivity contribution is 0.482. The molecule has 0 saturated carbocycles. The van der Waals surface area contributed by atoms with Gasteiger partial charge in [0.2, 0.25) is 0 Å². The van der Waals surface area contributed by atoms with Crippen LogP contribution in [0.5, 0.6) is 0 Å². The standard InChI is InChI=1S/C12H16BrNS/c13-11-3-1-2-10(8-11)9-14-12-4-6-15-7-5-12/h1-3,8,12,14H,4-7,9H2. The van der Waals surface area contributed by atoms with Gasteiger partial charge in [-0.25, -0.2) is 0 Å². The zero-order chi connectivity index (χ0) is 10.5. The summed E-state index contributed by atoms with van der Waals surface area (Å²) in [5.74, 6) is 2.63. The highest BCUT2D eigenvalue weighted by Crippen LogP contribution is 2.18. The summed E-state index contributed by atoms with van der Waals surface area (Å²) in [4.78, 5) is 0. The predicted octanol–water partition coefficient (Wildman–Crippen LogP) is 3.43. The molecule has 1 aromatic rings. The van der Waals surface area contributed by atoms with Gasteiger partial charge in [0.15, 0.2) is 0 Å². The number of benzene rings is 1. The van der Waals surface area contributed by atoms with Crippen molar-refractivity contribution in [1.82, 2.24) is 5.32 Å². The van der Waals surface area contributed by atoms with E-state index in [9.17, 15) is 0 Å². The smallest absolute Gasteiger partial charge is 0.0208 e. The summed E-state index contributed by atoms with van der Waals surface area (Å²) in [6, 6.07) is 9.25. The Balaban J connectivity index is 1.81. The molecule has 15 heavy (non-hydrogen) atoms. The van der Waals surface area contributed by atoms with Gasteiger partial charge in [-0.3, -0.25) is 0 Å². The van der Waals surface area contributed by atoms with E-state index in [1.807, 2.05) is 0 Å². The number of thioether (sulfide) groups is 1. The van der Waals surface area contributed by atoms with Gasteiger partial charge in [0.05, 0.1) is 0 Å². The summed E-state index contributed by atoms with van der Waals surface area (Å²) in [6.45, 7) is 0.995. The first-order valence-electron chi connectivity index (χ1n) is 5.40. The second kappa shape index (κ2) is 5.92. The molecule has 1 heterocycles. The highest BCUT2D eigenvalue weighted by Gasteiger charge is 2.12. The molecule has 1 aromatic carbocycles. The van der Waals surface area contributed by atoms with Gasteiger partial charge in [-0.15, -0.1) is 0 Å². The summed E-state index contributed by atoms with van der Waals surface area (Å²) in [5, 5.41) is 3.63. The van der Waals surface area contributed by atoms with Crippen molar-refractivity contribution in [3.05, 3.63) is 34.3 Å². The Kier molecular flexibility index (Phi) is 4.54. The van der Waals surface area contributed by atoms with Crippen LogP contribution >= 0.6 is 27.7 Å². The van der Waals surface area contributed by atoms with Gasteiger partial charge in [0.25, 0.3) is 0 Å². The molecule has 0 aromatic heterocycles. The van der Waals surface area contributed by atoms with Crippen LogP contribution in [-0.2, 0) is 6.54 Å². The monoisotopic (exact) mass is 285 g/mol. The summed E-state index contributed by atoms with van der Waals surface area (Å²) < 4.78 is 1.17. The Hall–Kier alpha value is 0.01000. The molecule has 1 N–H and O–H groups in total.